The average molecular weight is 432 g/mol. The number of halogens is 3. The summed E-state index contributed by atoms with van der Waals surface area (Å²) in [5, 5.41) is 0.725. The van der Waals surface area contributed by atoms with E-state index in [2.05, 4.69) is 0 Å². The van der Waals surface area contributed by atoms with Crippen LogP contribution in [0.15, 0.2) is 30.3 Å². The molecule has 1 atom stereocenters. The fourth-order valence-electron chi connectivity index (χ4n) is 2.71. The Morgan fingerprint density at radius 3 is 2.64 bits per heavy atom. The van der Waals surface area contributed by atoms with Crippen molar-refractivity contribution in [3.8, 4) is 5.75 Å². The highest BCUT2D eigenvalue weighted by Crippen LogP contribution is 2.33. The predicted molar refractivity (Wildman–Crippen MR) is 98.8 cm³/mol. The number of carbonyl (C=O) groups excluding carboxylic acids is 1. The number of amides is 1. The van der Waals surface area contributed by atoms with E-state index in [9.17, 15) is 22.0 Å². The van der Waals surface area contributed by atoms with Crippen molar-refractivity contribution in [2.24, 2.45) is 0 Å². The van der Waals surface area contributed by atoms with Crippen LogP contribution >= 0.6 is 11.6 Å². The van der Waals surface area contributed by atoms with Gasteiger partial charge in [0.05, 0.1) is 12.4 Å². The molecule has 0 bridgehead atoms. The highest BCUT2D eigenvalue weighted by molar-refractivity contribution is 7.92. The summed E-state index contributed by atoms with van der Waals surface area (Å²) in [4.78, 5) is 12.3. The molecule has 3 rings (SSSR count). The van der Waals surface area contributed by atoms with Crippen molar-refractivity contribution in [1.29, 1.82) is 0 Å². The summed E-state index contributed by atoms with van der Waals surface area (Å²) in [5.41, 5.74) is 0.173. The number of anilines is 1. The van der Waals surface area contributed by atoms with E-state index >= 15 is 0 Å². The van der Waals surface area contributed by atoms with E-state index in [4.69, 9.17) is 21.1 Å². The summed E-state index contributed by atoms with van der Waals surface area (Å²) < 4.78 is 63.4. The standard InChI is InChI=1S/C18H16ClF2NO5S/c1-10(18(23)22-16-14(20)3-2-4-15(16)21)28(24,25)8-12-6-13(19)5-11-7-26-9-27-17(11)12/h2-6,10H,7-9H2,1H3,(H,22,23)/t10-/m1/s1. The summed E-state index contributed by atoms with van der Waals surface area (Å²) >= 11 is 6.03. The molecule has 10 heteroatoms. The van der Waals surface area contributed by atoms with Crippen LogP contribution in [0, 0.1) is 11.6 Å². The van der Waals surface area contributed by atoms with E-state index in [1.54, 1.807) is 6.07 Å². The maximum atomic E-state index is 13.7. The molecule has 1 aliphatic rings. The number of fused-ring (bicyclic) bond motifs is 1. The fraction of sp³-hybridized carbons (Fsp3) is 0.278. The molecule has 1 aliphatic heterocycles. The van der Waals surface area contributed by atoms with Gasteiger partial charge in [-0.15, -0.1) is 0 Å². The molecule has 0 radical (unpaired) electrons. The summed E-state index contributed by atoms with van der Waals surface area (Å²) in [5.74, 6) is -3.26. The minimum absolute atomic E-state index is 0.0374. The van der Waals surface area contributed by atoms with E-state index in [0.717, 1.165) is 25.1 Å². The molecule has 2 aromatic rings. The molecule has 0 aromatic heterocycles. The Bertz CT molecular complexity index is 1010. The maximum Gasteiger partial charge on any atom is 0.242 e. The number of para-hydroxylation sites is 1. The van der Waals surface area contributed by atoms with E-state index in [1.165, 1.54) is 6.07 Å². The van der Waals surface area contributed by atoms with Crippen LogP contribution < -0.4 is 10.1 Å². The van der Waals surface area contributed by atoms with Gasteiger partial charge in [0, 0.05) is 16.1 Å². The smallest absolute Gasteiger partial charge is 0.242 e. The van der Waals surface area contributed by atoms with Crippen LogP contribution in [0.3, 0.4) is 0 Å². The molecule has 1 amide bonds. The Morgan fingerprint density at radius 2 is 1.96 bits per heavy atom. The third-order valence-electron chi connectivity index (χ3n) is 4.23. The van der Waals surface area contributed by atoms with Crippen molar-refractivity contribution in [1.82, 2.24) is 0 Å². The van der Waals surface area contributed by atoms with Gasteiger partial charge in [0.2, 0.25) is 5.91 Å². The Morgan fingerprint density at radius 1 is 1.29 bits per heavy atom. The molecule has 0 saturated heterocycles. The first kappa shape index (κ1) is 20.5. The largest absolute Gasteiger partial charge is 0.467 e. The zero-order valence-corrected chi connectivity index (χ0v) is 16.2. The number of ether oxygens (including phenoxy) is 2. The second-order valence-corrected chi connectivity index (χ2v) is 8.96. The molecule has 1 N–H and O–H groups in total. The van der Waals surface area contributed by atoms with Gasteiger partial charge in [0.25, 0.3) is 0 Å². The Balaban J connectivity index is 1.83. The molecular formula is C18H16ClF2NO5S. The number of nitrogens with one attached hydrogen (secondary N) is 1. The number of benzene rings is 2. The number of hydrogen-bond acceptors (Lipinski definition) is 5. The monoisotopic (exact) mass is 431 g/mol. The summed E-state index contributed by atoms with van der Waals surface area (Å²) in [6.07, 6.45) is 0. The topological polar surface area (TPSA) is 81.7 Å². The van der Waals surface area contributed by atoms with E-state index < -0.39 is 44.1 Å². The van der Waals surface area contributed by atoms with Gasteiger partial charge in [-0.05, 0) is 31.2 Å². The van der Waals surface area contributed by atoms with Crippen LogP contribution in [-0.2, 0) is 31.7 Å². The molecule has 28 heavy (non-hydrogen) atoms. The zero-order chi connectivity index (χ0) is 20.5. The molecule has 2 aromatic carbocycles. The van der Waals surface area contributed by atoms with Gasteiger partial charge < -0.3 is 14.8 Å². The number of hydrogen-bond donors (Lipinski definition) is 1. The molecule has 0 saturated carbocycles. The second kappa shape index (κ2) is 8.02. The molecule has 150 valence electrons. The quantitative estimate of drug-likeness (QED) is 0.784. The van der Waals surface area contributed by atoms with Crippen molar-refractivity contribution in [3.63, 3.8) is 0 Å². The lowest BCUT2D eigenvalue weighted by atomic mass is 10.1. The van der Waals surface area contributed by atoms with Gasteiger partial charge >= 0.3 is 0 Å². The first-order valence-corrected chi connectivity index (χ1v) is 10.3. The lowest BCUT2D eigenvalue weighted by molar-refractivity contribution is -0.115. The van der Waals surface area contributed by atoms with Gasteiger partial charge in [-0.3, -0.25) is 4.79 Å². The molecule has 1 heterocycles. The Kier molecular flexibility index (Phi) is 5.87. The maximum absolute atomic E-state index is 13.7. The predicted octanol–water partition coefficient (Wildman–Crippen LogP) is 3.43. The van der Waals surface area contributed by atoms with Gasteiger partial charge in [0.15, 0.2) is 16.6 Å². The second-order valence-electron chi connectivity index (χ2n) is 6.20. The molecule has 0 spiro atoms. The van der Waals surface area contributed by atoms with Crippen LogP contribution in [0.1, 0.15) is 18.1 Å². The van der Waals surface area contributed by atoms with E-state index in [-0.39, 0.29) is 19.0 Å². The normalized spacial score (nSPS) is 14.7. The molecule has 0 fully saturated rings. The van der Waals surface area contributed by atoms with Crippen LogP contribution in [0.4, 0.5) is 14.5 Å². The number of sulfone groups is 1. The zero-order valence-electron chi connectivity index (χ0n) is 14.7. The lowest BCUT2D eigenvalue weighted by Crippen LogP contribution is -2.34. The SMILES string of the molecule is C[C@H](C(=O)Nc1c(F)cccc1F)S(=O)(=O)Cc1cc(Cl)cc2c1OCOC2. The van der Waals surface area contributed by atoms with Gasteiger partial charge in [-0.2, -0.15) is 0 Å². The Labute approximate surface area is 165 Å². The summed E-state index contributed by atoms with van der Waals surface area (Å²) in [7, 11) is -4.05. The van der Waals surface area contributed by atoms with Crippen LogP contribution in [-0.4, -0.2) is 26.4 Å². The van der Waals surface area contributed by atoms with Gasteiger partial charge in [-0.1, -0.05) is 17.7 Å². The average Bonchev–Trinajstić information content (AvgIpc) is 2.63. The molecule has 6 nitrogen and oxygen atoms in total. The van der Waals surface area contributed by atoms with Crippen LogP contribution in [0.5, 0.6) is 5.75 Å². The van der Waals surface area contributed by atoms with E-state index in [0.29, 0.717) is 16.3 Å². The van der Waals surface area contributed by atoms with Crippen molar-refractivity contribution in [2.75, 3.05) is 12.1 Å². The van der Waals surface area contributed by atoms with Crippen molar-refractivity contribution in [2.45, 2.75) is 24.5 Å². The first-order valence-electron chi connectivity index (χ1n) is 8.17. The Hall–Kier alpha value is -2.23. The third-order valence-corrected chi connectivity index (χ3v) is 6.45. The van der Waals surface area contributed by atoms with Crippen molar-refractivity contribution < 1.29 is 31.5 Å². The summed E-state index contributed by atoms with van der Waals surface area (Å²) in [6.45, 7) is 1.32. The van der Waals surface area contributed by atoms with Crippen LogP contribution in [0.25, 0.3) is 0 Å². The third kappa shape index (κ3) is 4.26. The minimum atomic E-state index is -4.05. The van der Waals surface area contributed by atoms with Gasteiger partial charge in [-0.25, -0.2) is 17.2 Å². The lowest BCUT2D eigenvalue weighted by Gasteiger charge is -2.22. The van der Waals surface area contributed by atoms with Crippen LogP contribution in [0.2, 0.25) is 5.02 Å². The highest BCUT2D eigenvalue weighted by Gasteiger charge is 2.31. The minimum Gasteiger partial charge on any atom is -0.467 e. The summed E-state index contributed by atoms with van der Waals surface area (Å²) in [6, 6.07) is 6.07. The molecule has 0 aliphatic carbocycles. The highest BCUT2D eigenvalue weighted by atomic mass is 35.5. The van der Waals surface area contributed by atoms with Crippen molar-refractivity contribution >= 4 is 33.0 Å². The van der Waals surface area contributed by atoms with Gasteiger partial charge in [0.1, 0.15) is 28.3 Å². The molecule has 0 unspecified atom stereocenters. The molecular weight excluding hydrogens is 416 g/mol. The number of carbonyl (C=O) groups is 1. The van der Waals surface area contributed by atoms with Crippen molar-refractivity contribution in [3.05, 3.63) is 58.1 Å². The fourth-order valence-corrected chi connectivity index (χ4v) is 4.26. The van der Waals surface area contributed by atoms with E-state index in [1.807, 2.05) is 5.32 Å². The first-order chi connectivity index (χ1) is 13.2. The number of rotatable bonds is 5.